The number of nitrogens with zero attached hydrogens (tertiary/aromatic N) is 1. The van der Waals surface area contributed by atoms with Crippen LogP contribution in [0.25, 0.3) is 0 Å². The van der Waals surface area contributed by atoms with Crippen LogP contribution >= 0.6 is 23.2 Å². The second-order valence-corrected chi connectivity index (χ2v) is 8.36. The molecule has 1 saturated heterocycles. The molecule has 2 aromatic carbocycles. The first-order chi connectivity index (χ1) is 14.9. The van der Waals surface area contributed by atoms with Gasteiger partial charge in [-0.15, -0.1) is 0 Å². The van der Waals surface area contributed by atoms with Crippen LogP contribution in [0, 0.1) is 0 Å². The Hall–Kier alpha value is -2.57. The lowest BCUT2D eigenvalue weighted by atomic mass is 10.1. The van der Waals surface area contributed by atoms with E-state index in [0.717, 1.165) is 25.8 Å². The normalized spacial score (nSPS) is 14.1. The topological polar surface area (TPSA) is 78.5 Å². The highest BCUT2D eigenvalue weighted by atomic mass is 35.5. The van der Waals surface area contributed by atoms with Gasteiger partial charge in [-0.05, 0) is 61.7 Å². The summed E-state index contributed by atoms with van der Waals surface area (Å²) >= 11 is 11.9. The molecule has 2 N–H and O–H groups in total. The van der Waals surface area contributed by atoms with Crippen molar-refractivity contribution >= 4 is 46.6 Å². The third-order valence-electron chi connectivity index (χ3n) is 5.09. The first kappa shape index (κ1) is 23.1. The number of amides is 3. The summed E-state index contributed by atoms with van der Waals surface area (Å²) in [5.74, 6) is -0.326. The Kier molecular flexibility index (Phi) is 8.32. The van der Waals surface area contributed by atoms with Crippen LogP contribution in [0.4, 0.5) is 5.69 Å². The summed E-state index contributed by atoms with van der Waals surface area (Å²) < 4.78 is 0. The minimum absolute atomic E-state index is 0.193. The van der Waals surface area contributed by atoms with Crippen LogP contribution < -0.4 is 10.6 Å². The van der Waals surface area contributed by atoms with E-state index in [1.54, 1.807) is 30.3 Å². The van der Waals surface area contributed by atoms with E-state index in [9.17, 15) is 14.4 Å². The summed E-state index contributed by atoms with van der Waals surface area (Å²) in [7, 11) is 0. The van der Waals surface area contributed by atoms with Crippen LogP contribution in [0.1, 0.15) is 52.8 Å². The first-order valence-corrected chi connectivity index (χ1v) is 11.1. The van der Waals surface area contributed by atoms with Crippen molar-refractivity contribution < 1.29 is 14.4 Å². The van der Waals surface area contributed by atoms with Gasteiger partial charge in [0, 0.05) is 52.9 Å². The molecule has 0 aliphatic carbocycles. The zero-order chi connectivity index (χ0) is 22.2. The van der Waals surface area contributed by atoms with Crippen molar-refractivity contribution in [3.63, 3.8) is 0 Å². The molecule has 0 saturated carbocycles. The number of likely N-dealkylation sites (tertiary alicyclic amines) is 1. The number of rotatable bonds is 7. The van der Waals surface area contributed by atoms with Crippen LogP contribution in [-0.2, 0) is 4.79 Å². The van der Waals surface area contributed by atoms with Gasteiger partial charge in [0.25, 0.3) is 11.8 Å². The van der Waals surface area contributed by atoms with Crippen molar-refractivity contribution in [1.82, 2.24) is 10.2 Å². The van der Waals surface area contributed by atoms with E-state index in [4.69, 9.17) is 23.2 Å². The Morgan fingerprint density at radius 3 is 2.32 bits per heavy atom. The molecule has 1 heterocycles. The molecule has 0 aromatic heterocycles. The molecule has 0 radical (unpaired) electrons. The largest absolute Gasteiger partial charge is 0.352 e. The van der Waals surface area contributed by atoms with Crippen LogP contribution in [-0.4, -0.2) is 42.3 Å². The lowest BCUT2D eigenvalue weighted by Crippen LogP contribution is -2.34. The summed E-state index contributed by atoms with van der Waals surface area (Å²) in [5.41, 5.74) is 1.40. The summed E-state index contributed by atoms with van der Waals surface area (Å²) in [6, 6.07) is 11.2. The highest BCUT2D eigenvalue weighted by molar-refractivity contribution is 6.35. The predicted octanol–water partition coefficient (Wildman–Crippen LogP) is 4.77. The highest BCUT2D eigenvalue weighted by Crippen LogP contribution is 2.20. The fourth-order valence-corrected chi connectivity index (χ4v) is 3.97. The molecule has 6 nitrogen and oxygen atoms in total. The number of hydrogen-bond acceptors (Lipinski definition) is 3. The van der Waals surface area contributed by atoms with Crippen molar-refractivity contribution in [2.24, 2.45) is 0 Å². The zero-order valence-corrected chi connectivity index (χ0v) is 18.6. The number of benzene rings is 2. The number of halogens is 2. The maximum atomic E-state index is 12.4. The highest BCUT2D eigenvalue weighted by Gasteiger charge is 2.16. The van der Waals surface area contributed by atoms with Crippen molar-refractivity contribution in [3.8, 4) is 0 Å². The molecule has 1 aliphatic heterocycles. The Bertz CT molecular complexity index is 927. The van der Waals surface area contributed by atoms with Crippen molar-refractivity contribution in [2.45, 2.75) is 32.1 Å². The number of anilines is 1. The van der Waals surface area contributed by atoms with Crippen molar-refractivity contribution in [3.05, 3.63) is 63.6 Å². The smallest absolute Gasteiger partial charge is 0.255 e. The number of nitrogens with one attached hydrogen (secondary N) is 2. The van der Waals surface area contributed by atoms with E-state index in [2.05, 4.69) is 10.6 Å². The molecule has 3 rings (SSSR count). The van der Waals surface area contributed by atoms with Crippen LogP contribution in [0.15, 0.2) is 42.5 Å². The van der Waals surface area contributed by atoms with Gasteiger partial charge >= 0.3 is 0 Å². The van der Waals surface area contributed by atoms with E-state index in [1.807, 2.05) is 4.90 Å². The van der Waals surface area contributed by atoms with Crippen LogP contribution in [0.3, 0.4) is 0 Å². The molecule has 0 atom stereocenters. The van der Waals surface area contributed by atoms with Crippen LogP contribution in [0.5, 0.6) is 0 Å². The molecule has 0 unspecified atom stereocenters. The molecule has 8 heteroatoms. The molecule has 0 spiro atoms. The van der Waals surface area contributed by atoms with Crippen molar-refractivity contribution in [1.29, 1.82) is 0 Å². The number of carbonyl (C=O) groups excluding carboxylic acids is 3. The van der Waals surface area contributed by atoms with E-state index >= 15 is 0 Å². The standard InChI is InChI=1S/C23H25Cl2N3O3/c24-18-13-17(14-19(25)15-18)23(31)27-20-8-6-16(7-9-20)22(30)26-10-4-12-28-11-3-1-2-5-21(28)29/h6-9,13-15H,1-5,10-12H2,(H,26,30)(H,27,31). The summed E-state index contributed by atoms with van der Waals surface area (Å²) in [6.07, 6.45) is 4.45. The molecule has 31 heavy (non-hydrogen) atoms. The summed E-state index contributed by atoms with van der Waals surface area (Å²) in [5, 5.41) is 6.38. The zero-order valence-electron chi connectivity index (χ0n) is 17.1. The van der Waals surface area contributed by atoms with E-state index in [1.165, 1.54) is 12.1 Å². The second kappa shape index (κ2) is 11.2. The molecule has 1 aliphatic rings. The molecule has 1 fully saturated rings. The van der Waals surface area contributed by atoms with E-state index in [0.29, 0.717) is 52.8 Å². The SMILES string of the molecule is O=C(NCCCN1CCCCCC1=O)c1ccc(NC(=O)c2cc(Cl)cc(Cl)c2)cc1. The van der Waals surface area contributed by atoms with Gasteiger partial charge in [0.15, 0.2) is 0 Å². The van der Waals surface area contributed by atoms with Gasteiger partial charge in [-0.25, -0.2) is 0 Å². The molecular weight excluding hydrogens is 437 g/mol. The van der Waals surface area contributed by atoms with Gasteiger partial charge in [0.1, 0.15) is 0 Å². The fraction of sp³-hybridized carbons (Fsp3) is 0.348. The lowest BCUT2D eigenvalue weighted by Gasteiger charge is -2.20. The molecule has 0 bridgehead atoms. The molecule has 2 aromatic rings. The van der Waals surface area contributed by atoms with Gasteiger partial charge in [0.05, 0.1) is 0 Å². The van der Waals surface area contributed by atoms with Gasteiger partial charge in [-0.3, -0.25) is 14.4 Å². The number of hydrogen-bond donors (Lipinski definition) is 2. The van der Waals surface area contributed by atoms with Crippen LogP contribution in [0.2, 0.25) is 10.0 Å². The second-order valence-electron chi connectivity index (χ2n) is 7.49. The average Bonchev–Trinajstić information content (AvgIpc) is 2.95. The summed E-state index contributed by atoms with van der Waals surface area (Å²) in [4.78, 5) is 38.6. The van der Waals surface area contributed by atoms with Gasteiger partial charge in [-0.2, -0.15) is 0 Å². The van der Waals surface area contributed by atoms with E-state index in [-0.39, 0.29) is 17.7 Å². The third-order valence-corrected chi connectivity index (χ3v) is 5.53. The third kappa shape index (κ3) is 6.97. The monoisotopic (exact) mass is 461 g/mol. The maximum Gasteiger partial charge on any atom is 0.255 e. The number of carbonyl (C=O) groups is 3. The first-order valence-electron chi connectivity index (χ1n) is 10.4. The molecular formula is C23H25Cl2N3O3. The van der Waals surface area contributed by atoms with Gasteiger partial charge in [0.2, 0.25) is 5.91 Å². The average molecular weight is 462 g/mol. The Balaban J connectivity index is 1.46. The molecule has 164 valence electrons. The Labute approximate surface area is 191 Å². The van der Waals surface area contributed by atoms with Gasteiger partial charge < -0.3 is 15.5 Å². The Morgan fingerprint density at radius 1 is 0.903 bits per heavy atom. The molecule has 3 amide bonds. The summed E-state index contributed by atoms with van der Waals surface area (Å²) in [6.45, 7) is 1.97. The maximum absolute atomic E-state index is 12.4. The minimum atomic E-state index is -0.343. The minimum Gasteiger partial charge on any atom is -0.352 e. The Morgan fingerprint density at radius 2 is 1.61 bits per heavy atom. The van der Waals surface area contributed by atoms with Crippen molar-refractivity contribution in [2.75, 3.05) is 25.0 Å². The predicted molar refractivity (Wildman–Crippen MR) is 123 cm³/mol. The van der Waals surface area contributed by atoms with Gasteiger partial charge in [-0.1, -0.05) is 29.6 Å². The lowest BCUT2D eigenvalue weighted by molar-refractivity contribution is -0.130. The fourth-order valence-electron chi connectivity index (χ4n) is 3.44. The van der Waals surface area contributed by atoms with E-state index < -0.39 is 0 Å². The quantitative estimate of drug-likeness (QED) is 0.582.